The van der Waals surface area contributed by atoms with Crippen molar-refractivity contribution in [3.8, 4) is 0 Å². The second-order valence-corrected chi connectivity index (χ2v) is 5.40. The van der Waals surface area contributed by atoms with Crippen LogP contribution < -0.4 is 10.9 Å². The number of rotatable bonds is 4. The number of para-hydroxylation sites is 1. The molecule has 0 saturated heterocycles. The maximum atomic E-state index is 13.7. The van der Waals surface area contributed by atoms with Gasteiger partial charge < -0.3 is 9.88 Å². The van der Waals surface area contributed by atoms with Crippen LogP contribution in [0, 0.1) is 12.7 Å². The number of hydrogen-bond acceptors (Lipinski definition) is 2. The third-order valence-corrected chi connectivity index (χ3v) is 3.67. The van der Waals surface area contributed by atoms with Crippen molar-refractivity contribution in [2.75, 3.05) is 5.32 Å². The molecule has 0 bridgehead atoms. The monoisotopic (exact) mass is 308 g/mol. The van der Waals surface area contributed by atoms with Gasteiger partial charge in [-0.15, -0.1) is 0 Å². The number of nitrogens with one attached hydrogen (secondary N) is 1. The number of pyridine rings is 1. The number of anilines is 2. The van der Waals surface area contributed by atoms with E-state index < -0.39 is 0 Å². The molecular formula is C19H17FN2O. The van der Waals surface area contributed by atoms with Crippen LogP contribution in [-0.2, 0) is 6.54 Å². The van der Waals surface area contributed by atoms with Gasteiger partial charge in [0.25, 0.3) is 5.56 Å². The van der Waals surface area contributed by atoms with Gasteiger partial charge in [0, 0.05) is 17.4 Å². The molecule has 1 N–H and O–H groups in total. The second-order valence-electron chi connectivity index (χ2n) is 5.40. The molecule has 0 fully saturated rings. The van der Waals surface area contributed by atoms with Crippen LogP contribution in [0.25, 0.3) is 0 Å². The van der Waals surface area contributed by atoms with Gasteiger partial charge in [-0.05, 0) is 30.7 Å². The van der Waals surface area contributed by atoms with Gasteiger partial charge in [-0.3, -0.25) is 4.79 Å². The van der Waals surface area contributed by atoms with Crippen molar-refractivity contribution >= 4 is 11.4 Å². The molecule has 0 atom stereocenters. The SMILES string of the molecule is Cc1cc(Nc2ccccc2F)cc(=O)n1Cc1ccccc1. The van der Waals surface area contributed by atoms with E-state index in [4.69, 9.17) is 0 Å². The van der Waals surface area contributed by atoms with Crippen molar-refractivity contribution in [2.45, 2.75) is 13.5 Å². The minimum atomic E-state index is -0.349. The number of benzene rings is 2. The topological polar surface area (TPSA) is 34.0 Å². The lowest BCUT2D eigenvalue weighted by Crippen LogP contribution is -2.22. The molecule has 3 aromatic rings. The molecule has 3 nitrogen and oxygen atoms in total. The van der Waals surface area contributed by atoms with Gasteiger partial charge >= 0.3 is 0 Å². The van der Waals surface area contributed by atoms with Gasteiger partial charge in [0.2, 0.25) is 0 Å². The van der Waals surface area contributed by atoms with E-state index in [1.54, 1.807) is 22.8 Å². The van der Waals surface area contributed by atoms with E-state index in [0.717, 1.165) is 11.3 Å². The molecule has 4 heteroatoms. The fourth-order valence-corrected chi connectivity index (χ4v) is 2.49. The van der Waals surface area contributed by atoms with Gasteiger partial charge in [-0.1, -0.05) is 42.5 Å². The summed E-state index contributed by atoms with van der Waals surface area (Å²) in [6, 6.07) is 19.5. The minimum Gasteiger partial charge on any atom is -0.353 e. The fraction of sp³-hybridized carbons (Fsp3) is 0.105. The largest absolute Gasteiger partial charge is 0.353 e. The molecule has 0 amide bonds. The van der Waals surface area contributed by atoms with Crippen LogP contribution >= 0.6 is 0 Å². The number of hydrogen-bond donors (Lipinski definition) is 1. The molecule has 0 spiro atoms. The zero-order valence-electron chi connectivity index (χ0n) is 12.8. The van der Waals surface area contributed by atoms with Gasteiger partial charge in [-0.2, -0.15) is 0 Å². The number of nitrogens with zero attached hydrogens (tertiary/aromatic N) is 1. The summed E-state index contributed by atoms with van der Waals surface area (Å²) in [5.41, 5.74) is 2.70. The Morgan fingerprint density at radius 1 is 1.00 bits per heavy atom. The summed E-state index contributed by atoms with van der Waals surface area (Å²) in [6.45, 7) is 2.39. The molecule has 3 rings (SSSR count). The number of aromatic nitrogens is 1. The predicted molar refractivity (Wildman–Crippen MR) is 90.7 cm³/mol. The van der Waals surface area contributed by atoms with Crippen LogP contribution in [0.1, 0.15) is 11.3 Å². The molecule has 23 heavy (non-hydrogen) atoms. The fourth-order valence-electron chi connectivity index (χ4n) is 2.49. The number of aryl methyl sites for hydroxylation is 1. The molecule has 1 heterocycles. The number of halogens is 1. The van der Waals surface area contributed by atoms with Crippen molar-refractivity contribution in [2.24, 2.45) is 0 Å². The maximum absolute atomic E-state index is 13.7. The first-order valence-electron chi connectivity index (χ1n) is 7.40. The van der Waals surface area contributed by atoms with Crippen molar-refractivity contribution in [1.29, 1.82) is 0 Å². The van der Waals surface area contributed by atoms with E-state index in [1.165, 1.54) is 12.1 Å². The summed E-state index contributed by atoms with van der Waals surface area (Å²) in [4.78, 5) is 12.4. The van der Waals surface area contributed by atoms with Crippen molar-refractivity contribution in [1.82, 2.24) is 4.57 Å². The lowest BCUT2D eigenvalue weighted by molar-refractivity contribution is 0.632. The maximum Gasteiger partial charge on any atom is 0.253 e. The Morgan fingerprint density at radius 2 is 1.70 bits per heavy atom. The molecule has 0 aliphatic heterocycles. The average Bonchev–Trinajstić information content (AvgIpc) is 2.54. The van der Waals surface area contributed by atoms with E-state index >= 15 is 0 Å². The molecular weight excluding hydrogens is 291 g/mol. The third-order valence-electron chi connectivity index (χ3n) is 3.67. The molecule has 0 radical (unpaired) electrons. The predicted octanol–water partition coefficient (Wildman–Crippen LogP) is 4.09. The van der Waals surface area contributed by atoms with Crippen LogP contribution in [-0.4, -0.2) is 4.57 Å². The summed E-state index contributed by atoms with van der Waals surface area (Å²) < 4.78 is 15.4. The summed E-state index contributed by atoms with van der Waals surface area (Å²) in [7, 11) is 0. The molecule has 2 aromatic carbocycles. The van der Waals surface area contributed by atoms with Crippen LogP contribution in [0.15, 0.2) is 71.5 Å². The Bertz CT molecular complexity index is 872. The van der Waals surface area contributed by atoms with Crippen LogP contribution in [0.2, 0.25) is 0 Å². The normalized spacial score (nSPS) is 10.5. The highest BCUT2D eigenvalue weighted by Crippen LogP contribution is 2.19. The Hall–Kier alpha value is -2.88. The first kappa shape index (κ1) is 15.0. The molecule has 0 aliphatic carbocycles. The zero-order valence-corrected chi connectivity index (χ0v) is 12.8. The Balaban J connectivity index is 1.89. The third kappa shape index (κ3) is 3.48. The molecule has 0 unspecified atom stereocenters. The lowest BCUT2D eigenvalue weighted by atomic mass is 10.2. The van der Waals surface area contributed by atoms with Crippen molar-refractivity contribution in [3.63, 3.8) is 0 Å². The van der Waals surface area contributed by atoms with Gasteiger partial charge in [-0.25, -0.2) is 4.39 Å². The summed E-state index contributed by atoms with van der Waals surface area (Å²) >= 11 is 0. The first-order chi connectivity index (χ1) is 11.1. The lowest BCUT2D eigenvalue weighted by Gasteiger charge is -2.13. The van der Waals surface area contributed by atoms with Gasteiger partial charge in [0.15, 0.2) is 0 Å². The molecule has 0 saturated carbocycles. The Kier molecular flexibility index (Phi) is 4.24. The average molecular weight is 308 g/mol. The van der Waals surface area contributed by atoms with Gasteiger partial charge in [0.1, 0.15) is 5.82 Å². The molecule has 116 valence electrons. The van der Waals surface area contributed by atoms with E-state index in [2.05, 4.69) is 5.32 Å². The van der Waals surface area contributed by atoms with E-state index in [0.29, 0.717) is 17.9 Å². The summed E-state index contributed by atoms with van der Waals surface area (Å²) in [6.07, 6.45) is 0. The van der Waals surface area contributed by atoms with Crippen LogP contribution in [0.4, 0.5) is 15.8 Å². The van der Waals surface area contributed by atoms with Crippen LogP contribution in [0.3, 0.4) is 0 Å². The zero-order chi connectivity index (χ0) is 16.2. The van der Waals surface area contributed by atoms with E-state index in [9.17, 15) is 9.18 Å². The van der Waals surface area contributed by atoms with E-state index in [-0.39, 0.29) is 11.4 Å². The smallest absolute Gasteiger partial charge is 0.253 e. The van der Waals surface area contributed by atoms with Crippen molar-refractivity contribution in [3.05, 3.63) is 94.2 Å². The first-order valence-corrected chi connectivity index (χ1v) is 7.40. The van der Waals surface area contributed by atoms with Crippen LogP contribution in [0.5, 0.6) is 0 Å². The molecule has 1 aromatic heterocycles. The second kappa shape index (κ2) is 6.48. The van der Waals surface area contributed by atoms with Gasteiger partial charge in [0.05, 0.1) is 12.2 Å². The van der Waals surface area contributed by atoms with E-state index in [1.807, 2.05) is 43.3 Å². The quantitative estimate of drug-likeness (QED) is 0.788. The minimum absolute atomic E-state index is 0.118. The highest BCUT2D eigenvalue weighted by Gasteiger charge is 2.06. The Morgan fingerprint density at radius 3 is 2.39 bits per heavy atom. The standard InChI is InChI=1S/C19H17FN2O/c1-14-11-16(21-18-10-6-5-9-17(18)20)12-19(23)22(14)13-15-7-3-2-4-8-15/h2-12,21H,13H2,1H3. The summed E-state index contributed by atoms with van der Waals surface area (Å²) in [5, 5.41) is 2.96. The summed E-state index contributed by atoms with van der Waals surface area (Å²) in [5.74, 6) is -0.349. The molecule has 0 aliphatic rings. The highest BCUT2D eigenvalue weighted by molar-refractivity contribution is 5.60. The highest BCUT2D eigenvalue weighted by atomic mass is 19.1. The Labute approximate surface area is 134 Å². The van der Waals surface area contributed by atoms with Crippen molar-refractivity contribution < 1.29 is 4.39 Å².